The third-order valence-corrected chi connectivity index (χ3v) is 6.04. The van der Waals surface area contributed by atoms with E-state index in [1.165, 1.54) is 28.7 Å². The second-order valence-electron chi connectivity index (χ2n) is 6.36. The Hall–Kier alpha value is -2.64. The SMILES string of the molecule is Cc1ccc2oc(SCc3nc(C(=O)NCCc4ccccc4)cs3)nc2c1. The first kappa shape index (κ1) is 18.7. The van der Waals surface area contributed by atoms with Gasteiger partial charge in [0.05, 0.1) is 5.75 Å². The number of thioether (sulfide) groups is 1. The van der Waals surface area contributed by atoms with Crippen LogP contribution >= 0.6 is 23.1 Å². The highest BCUT2D eigenvalue weighted by atomic mass is 32.2. The Bertz CT molecular complexity index is 1090. The molecule has 2 aromatic carbocycles. The molecular formula is C21H19N3O2S2. The van der Waals surface area contributed by atoms with Gasteiger partial charge >= 0.3 is 0 Å². The maximum Gasteiger partial charge on any atom is 0.270 e. The molecule has 0 saturated heterocycles. The number of aryl methyl sites for hydroxylation is 1. The first-order valence-corrected chi connectivity index (χ1v) is 10.8. The monoisotopic (exact) mass is 409 g/mol. The number of hydrogen-bond donors (Lipinski definition) is 1. The van der Waals surface area contributed by atoms with Gasteiger partial charge in [-0.15, -0.1) is 11.3 Å². The Morgan fingerprint density at radius 1 is 1.18 bits per heavy atom. The van der Waals surface area contributed by atoms with Gasteiger partial charge in [-0.2, -0.15) is 0 Å². The number of nitrogens with one attached hydrogen (secondary N) is 1. The second-order valence-corrected chi connectivity index (χ2v) is 8.23. The Morgan fingerprint density at radius 2 is 2.04 bits per heavy atom. The molecule has 0 aliphatic rings. The van der Waals surface area contributed by atoms with Crippen molar-refractivity contribution < 1.29 is 9.21 Å². The molecule has 0 spiro atoms. The number of carbonyl (C=O) groups is 1. The minimum atomic E-state index is -0.138. The fourth-order valence-electron chi connectivity index (χ4n) is 2.74. The number of nitrogens with zero attached hydrogens (tertiary/aromatic N) is 2. The number of amides is 1. The van der Waals surface area contributed by atoms with Crippen LogP contribution in [0.2, 0.25) is 0 Å². The standard InChI is InChI=1S/C21H19N3O2S2/c1-14-7-8-18-16(11-14)24-21(26-18)28-13-19-23-17(12-27-19)20(25)22-10-9-15-5-3-2-4-6-15/h2-8,11-12H,9-10,13H2,1H3,(H,22,25). The molecule has 0 aliphatic carbocycles. The predicted octanol–water partition coefficient (Wildman–Crippen LogP) is 4.86. The molecule has 142 valence electrons. The van der Waals surface area contributed by atoms with Gasteiger partial charge in [-0.05, 0) is 36.6 Å². The van der Waals surface area contributed by atoms with Crippen LogP contribution in [-0.2, 0) is 12.2 Å². The second kappa shape index (κ2) is 8.58. The molecule has 1 amide bonds. The molecule has 5 nitrogen and oxygen atoms in total. The highest BCUT2D eigenvalue weighted by Crippen LogP contribution is 2.27. The van der Waals surface area contributed by atoms with Gasteiger partial charge in [0.15, 0.2) is 5.58 Å². The van der Waals surface area contributed by atoms with Crippen molar-refractivity contribution in [2.45, 2.75) is 24.3 Å². The smallest absolute Gasteiger partial charge is 0.270 e. The van der Waals surface area contributed by atoms with Crippen LogP contribution in [0.5, 0.6) is 0 Å². The van der Waals surface area contributed by atoms with Crippen LogP contribution < -0.4 is 5.32 Å². The fraction of sp³-hybridized carbons (Fsp3) is 0.190. The van der Waals surface area contributed by atoms with E-state index in [0.717, 1.165) is 28.1 Å². The summed E-state index contributed by atoms with van der Waals surface area (Å²) in [6.45, 7) is 2.62. The average Bonchev–Trinajstić information content (AvgIpc) is 3.33. The summed E-state index contributed by atoms with van der Waals surface area (Å²) in [5, 5.41) is 6.21. The number of benzene rings is 2. The molecule has 0 fully saturated rings. The molecule has 0 saturated carbocycles. The Balaban J connectivity index is 1.30. The van der Waals surface area contributed by atoms with Crippen molar-refractivity contribution in [3.8, 4) is 0 Å². The lowest BCUT2D eigenvalue weighted by Crippen LogP contribution is -2.26. The molecule has 0 atom stereocenters. The summed E-state index contributed by atoms with van der Waals surface area (Å²) in [4.78, 5) is 21.2. The van der Waals surface area contributed by atoms with E-state index < -0.39 is 0 Å². The Morgan fingerprint density at radius 3 is 2.89 bits per heavy atom. The predicted molar refractivity (Wildman–Crippen MR) is 113 cm³/mol. The van der Waals surface area contributed by atoms with Crippen LogP contribution in [0.15, 0.2) is 63.6 Å². The van der Waals surface area contributed by atoms with Gasteiger partial charge < -0.3 is 9.73 Å². The van der Waals surface area contributed by atoms with Crippen LogP contribution in [0.25, 0.3) is 11.1 Å². The van der Waals surface area contributed by atoms with Gasteiger partial charge in [0, 0.05) is 11.9 Å². The Kier molecular flexibility index (Phi) is 5.73. The summed E-state index contributed by atoms with van der Waals surface area (Å²) in [6, 6.07) is 16.0. The van der Waals surface area contributed by atoms with E-state index in [-0.39, 0.29) is 5.91 Å². The van der Waals surface area contributed by atoms with E-state index in [2.05, 4.69) is 27.4 Å². The van der Waals surface area contributed by atoms with E-state index in [1.54, 1.807) is 5.38 Å². The first-order valence-electron chi connectivity index (χ1n) is 8.94. The van der Waals surface area contributed by atoms with Crippen molar-refractivity contribution in [2.24, 2.45) is 0 Å². The minimum Gasteiger partial charge on any atom is -0.431 e. The zero-order chi connectivity index (χ0) is 19.3. The molecule has 4 aromatic rings. The number of oxazole rings is 1. The van der Waals surface area contributed by atoms with Crippen molar-refractivity contribution >= 4 is 40.1 Å². The molecule has 0 aliphatic heterocycles. The molecule has 2 aromatic heterocycles. The van der Waals surface area contributed by atoms with Gasteiger partial charge in [-0.3, -0.25) is 4.79 Å². The normalized spacial score (nSPS) is 11.0. The number of thiazole rings is 1. The fourth-order valence-corrected chi connectivity index (χ4v) is 4.37. The number of carbonyl (C=O) groups excluding carboxylic acids is 1. The maximum absolute atomic E-state index is 12.3. The van der Waals surface area contributed by atoms with E-state index in [1.807, 2.05) is 43.3 Å². The first-order chi connectivity index (χ1) is 13.7. The highest BCUT2D eigenvalue weighted by molar-refractivity contribution is 7.98. The third-order valence-electron chi connectivity index (χ3n) is 4.17. The van der Waals surface area contributed by atoms with E-state index in [9.17, 15) is 4.79 Å². The van der Waals surface area contributed by atoms with Crippen LogP contribution in [-0.4, -0.2) is 22.4 Å². The zero-order valence-electron chi connectivity index (χ0n) is 15.3. The summed E-state index contributed by atoms with van der Waals surface area (Å²) in [5.41, 5.74) is 4.46. The maximum atomic E-state index is 12.3. The van der Waals surface area contributed by atoms with Crippen molar-refractivity contribution in [3.63, 3.8) is 0 Å². The molecule has 0 unspecified atom stereocenters. The Labute approximate surface area is 171 Å². The molecule has 0 bridgehead atoms. The van der Waals surface area contributed by atoms with Crippen LogP contribution in [0.4, 0.5) is 0 Å². The van der Waals surface area contributed by atoms with Crippen molar-refractivity contribution in [2.75, 3.05) is 6.54 Å². The van der Waals surface area contributed by atoms with E-state index in [4.69, 9.17) is 4.42 Å². The lowest BCUT2D eigenvalue weighted by atomic mass is 10.1. The lowest BCUT2D eigenvalue weighted by molar-refractivity contribution is 0.0949. The van der Waals surface area contributed by atoms with E-state index >= 15 is 0 Å². The van der Waals surface area contributed by atoms with Gasteiger partial charge in [0.1, 0.15) is 16.2 Å². The molecule has 28 heavy (non-hydrogen) atoms. The van der Waals surface area contributed by atoms with Crippen molar-refractivity contribution in [3.05, 3.63) is 75.7 Å². The number of fused-ring (bicyclic) bond motifs is 1. The summed E-state index contributed by atoms with van der Waals surface area (Å²) >= 11 is 2.96. The topological polar surface area (TPSA) is 68.0 Å². The van der Waals surface area contributed by atoms with Gasteiger partial charge in [-0.1, -0.05) is 48.2 Å². The van der Waals surface area contributed by atoms with Crippen LogP contribution in [0.1, 0.15) is 26.6 Å². The van der Waals surface area contributed by atoms with Gasteiger partial charge in [0.2, 0.25) is 0 Å². The highest BCUT2D eigenvalue weighted by Gasteiger charge is 2.12. The molecule has 2 heterocycles. The molecule has 7 heteroatoms. The summed E-state index contributed by atoms with van der Waals surface area (Å²) < 4.78 is 5.74. The lowest BCUT2D eigenvalue weighted by Gasteiger charge is -2.03. The third kappa shape index (κ3) is 4.61. The average molecular weight is 410 g/mol. The summed E-state index contributed by atoms with van der Waals surface area (Å²) in [7, 11) is 0. The number of rotatable bonds is 7. The summed E-state index contributed by atoms with van der Waals surface area (Å²) in [5.74, 6) is 0.481. The van der Waals surface area contributed by atoms with Crippen LogP contribution in [0, 0.1) is 6.92 Å². The number of hydrogen-bond acceptors (Lipinski definition) is 6. The summed E-state index contributed by atoms with van der Waals surface area (Å²) in [6.07, 6.45) is 0.802. The molecule has 4 rings (SSSR count). The van der Waals surface area contributed by atoms with Crippen molar-refractivity contribution in [1.29, 1.82) is 0 Å². The van der Waals surface area contributed by atoms with Crippen molar-refractivity contribution in [1.82, 2.24) is 15.3 Å². The quantitative estimate of drug-likeness (QED) is 0.442. The van der Waals surface area contributed by atoms with Gasteiger partial charge in [-0.25, -0.2) is 9.97 Å². The minimum absolute atomic E-state index is 0.138. The molecule has 0 radical (unpaired) electrons. The number of aromatic nitrogens is 2. The van der Waals surface area contributed by atoms with Gasteiger partial charge in [0.25, 0.3) is 11.1 Å². The molecular weight excluding hydrogens is 390 g/mol. The van der Waals surface area contributed by atoms with E-state index in [0.29, 0.717) is 23.2 Å². The zero-order valence-corrected chi connectivity index (χ0v) is 17.0. The van der Waals surface area contributed by atoms with Crippen LogP contribution in [0.3, 0.4) is 0 Å². The molecule has 1 N–H and O–H groups in total. The largest absolute Gasteiger partial charge is 0.431 e.